The van der Waals surface area contributed by atoms with Crippen LogP contribution in [-0.4, -0.2) is 32.8 Å². The second kappa shape index (κ2) is 5.90. The lowest BCUT2D eigenvalue weighted by Gasteiger charge is -2.40. The maximum atomic E-state index is 12.6. The van der Waals surface area contributed by atoms with Crippen LogP contribution in [0.3, 0.4) is 0 Å². The average Bonchev–Trinajstić information content (AvgIpc) is 3.11. The van der Waals surface area contributed by atoms with Crippen molar-refractivity contribution in [2.45, 2.75) is 24.3 Å². The minimum absolute atomic E-state index is 0.0109. The first-order valence-electron chi connectivity index (χ1n) is 8.79. The number of carbonyl (C=O) groups excluding carboxylic acids is 1. The van der Waals surface area contributed by atoms with Gasteiger partial charge in [0.05, 0.1) is 19.8 Å². The summed E-state index contributed by atoms with van der Waals surface area (Å²) in [7, 11) is 5.23. The fourth-order valence-electron chi connectivity index (χ4n) is 4.67. The Labute approximate surface area is 154 Å². The first-order valence-corrected chi connectivity index (χ1v) is 8.79. The fraction of sp³-hybridized carbons (Fsp3) is 0.318. The molecular weight excluding hydrogens is 326 g/mol. The zero-order chi connectivity index (χ0) is 18.5. The summed E-state index contributed by atoms with van der Waals surface area (Å²) >= 11 is 0. The Kier molecular flexibility index (Phi) is 3.79. The Balaban J connectivity index is 1.88. The van der Waals surface area contributed by atoms with E-state index < -0.39 is 0 Å². The van der Waals surface area contributed by atoms with Crippen LogP contribution in [0.2, 0.25) is 0 Å². The number of anilines is 1. The van der Waals surface area contributed by atoms with E-state index in [-0.39, 0.29) is 23.3 Å². The van der Waals surface area contributed by atoms with Crippen molar-refractivity contribution in [2.24, 2.45) is 0 Å². The number of fused-ring (bicyclic) bond motifs is 3. The van der Waals surface area contributed by atoms with Crippen LogP contribution in [0.4, 0.5) is 5.69 Å². The summed E-state index contributed by atoms with van der Waals surface area (Å²) in [5.41, 5.74) is 4.00. The summed E-state index contributed by atoms with van der Waals surface area (Å²) in [6, 6.07) is 16.4. The highest BCUT2D eigenvalue weighted by Crippen LogP contribution is 2.60. The molecule has 0 saturated carbocycles. The van der Waals surface area contributed by atoms with Crippen molar-refractivity contribution < 1.29 is 14.3 Å². The van der Waals surface area contributed by atoms with Gasteiger partial charge in [-0.2, -0.15) is 0 Å². The average molecular weight is 349 g/mol. The third kappa shape index (κ3) is 2.11. The molecule has 0 spiro atoms. The Morgan fingerprint density at radius 3 is 2.42 bits per heavy atom. The molecule has 2 aromatic rings. The van der Waals surface area contributed by atoms with Gasteiger partial charge >= 0.3 is 5.97 Å². The van der Waals surface area contributed by atoms with Gasteiger partial charge in [-0.3, -0.25) is 0 Å². The topological polar surface area (TPSA) is 38.8 Å². The maximum Gasteiger partial charge on any atom is 0.334 e. The van der Waals surface area contributed by atoms with Crippen molar-refractivity contribution in [3.05, 3.63) is 71.3 Å². The molecule has 3 atom stereocenters. The summed E-state index contributed by atoms with van der Waals surface area (Å²) in [5.74, 6) is 0.643. The van der Waals surface area contributed by atoms with Crippen LogP contribution in [0.25, 0.3) is 0 Å². The normalized spacial score (nSPS) is 26.2. The Bertz CT molecular complexity index is 887. The second-order valence-corrected chi connectivity index (χ2v) is 7.14. The molecule has 2 aromatic carbocycles. The summed E-state index contributed by atoms with van der Waals surface area (Å²) in [6.07, 6.45) is 2.09. The molecule has 0 saturated heterocycles. The largest absolute Gasteiger partial charge is 0.497 e. The highest BCUT2D eigenvalue weighted by molar-refractivity contribution is 5.94. The molecule has 1 aliphatic carbocycles. The van der Waals surface area contributed by atoms with Crippen LogP contribution < -0.4 is 9.64 Å². The summed E-state index contributed by atoms with van der Waals surface area (Å²) in [5, 5.41) is 0. The Hall–Kier alpha value is -2.75. The quantitative estimate of drug-likeness (QED) is 0.788. The summed E-state index contributed by atoms with van der Waals surface area (Å²) in [4.78, 5) is 14.9. The smallest absolute Gasteiger partial charge is 0.334 e. The predicted molar refractivity (Wildman–Crippen MR) is 102 cm³/mol. The van der Waals surface area contributed by atoms with Gasteiger partial charge in [-0.25, -0.2) is 4.79 Å². The van der Waals surface area contributed by atoms with E-state index in [2.05, 4.69) is 49.2 Å². The van der Waals surface area contributed by atoms with Crippen molar-refractivity contribution >= 4 is 11.7 Å². The van der Waals surface area contributed by atoms with Crippen LogP contribution >= 0.6 is 0 Å². The fourth-order valence-corrected chi connectivity index (χ4v) is 4.67. The molecule has 134 valence electrons. The van der Waals surface area contributed by atoms with Crippen LogP contribution in [0.1, 0.15) is 29.9 Å². The van der Waals surface area contributed by atoms with E-state index in [0.29, 0.717) is 0 Å². The minimum Gasteiger partial charge on any atom is -0.497 e. The van der Waals surface area contributed by atoms with Crippen LogP contribution in [0.5, 0.6) is 5.75 Å². The number of carbonyl (C=O) groups is 1. The molecule has 26 heavy (non-hydrogen) atoms. The molecule has 0 aromatic heterocycles. The van der Waals surface area contributed by atoms with E-state index in [1.807, 2.05) is 24.3 Å². The lowest BCUT2D eigenvalue weighted by molar-refractivity contribution is -0.136. The van der Waals surface area contributed by atoms with E-state index >= 15 is 0 Å². The summed E-state index contributed by atoms with van der Waals surface area (Å²) < 4.78 is 10.4. The molecule has 0 radical (unpaired) electrons. The van der Waals surface area contributed by atoms with Crippen LogP contribution in [0.15, 0.2) is 60.2 Å². The van der Waals surface area contributed by atoms with Crippen LogP contribution in [-0.2, 0) is 9.53 Å². The standard InChI is InChI=1S/C22H23NO3/c1-22-18(14-9-11-15(25-3)12-10-14)13-17(21(24)26-4)20(22)16-7-5-6-8-19(16)23(22)2/h5-13,18,20H,1-4H3/t18-,20+,22-/m1/s1. The lowest BCUT2D eigenvalue weighted by Crippen LogP contribution is -2.46. The molecule has 2 aliphatic rings. The van der Waals surface area contributed by atoms with Gasteiger partial charge in [-0.1, -0.05) is 36.4 Å². The SMILES string of the molecule is COC(=O)C1=C[C@H](c2ccc(OC)cc2)[C@]2(C)[C@H]1c1ccccc1N2C. The number of para-hydroxylation sites is 1. The molecule has 1 heterocycles. The molecule has 1 aliphatic heterocycles. The monoisotopic (exact) mass is 349 g/mol. The third-order valence-corrected chi connectivity index (χ3v) is 6.10. The number of hydrogen-bond donors (Lipinski definition) is 0. The summed E-state index contributed by atoms with van der Waals surface area (Å²) in [6.45, 7) is 2.24. The molecule has 4 nitrogen and oxygen atoms in total. The van der Waals surface area contributed by atoms with E-state index in [0.717, 1.165) is 16.9 Å². The molecule has 0 N–H and O–H groups in total. The van der Waals surface area contributed by atoms with E-state index in [1.54, 1.807) is 7.11 Å². The van der Waals surface area contributed by atoms with Gasteiger partial charge in [0.15, 0.2) is 0 Å². The molecule has 0 bridgehead atoms. The number of benzene rings is 2. The van der Waals surface area contributed by atoms with E-state index in [1.165, 1.54) is 18.4 Å². The molecule has 4 rings (SSSR count). The number of rotatable bonds is 3. The highest BCUT2D eigenvalue weighted by Gasteiger charge is 2.57. The molecule has 0 fully saturated rings. The lowest BCUT2D eigenvalue weighted by atomic mass is 9.76. The number of hydrogen-bond acceptors (Lipinski definition) is 4. The van der Waals surface area contributed by atoms with Gasteiger partial charge in [-0.05, 0) is 36.2 Å². The van der Waals surface area contributed by atoms with Gasteiger partial charge in [-0.15, -0.1) is 0 Å². The zero-order valence-electron chi connectivity index (χ0n) is 15.5. The van der Waals surface area contributed by atoms with Crippen molar-refractivity contribution in [2.75, 3.05) is 26.2 Å². The minimum atomic E-state index is -0.262. The van der Waals surface area contributed by atoms with E-state index in [9.17, 15) is 4.79 Å². The number of ether oxygens (including phenoxy) is 2. The van der Waals surface area contributed by atoms with Gasteiger partial charge in [0, 0.05) is 30.1 Å². The van der Waals surface area contributed by atoms with Crippen molar-refractivity contribution in [3.63, 3.8) is 0 Å². The number of methoxy groups -OCH3 is 2. The molecular formula is C22H23NO3. The Morgan fingerprint density at radius 1 is 1.08 bits per heavy atom. The number of esters is 1. The van der Waals surface area contributed by atoms with Gasteiger partial charge in [0.25, 0.3) is 0 Å². The van der Waals surface area contributed by atoms with Crippen molar-refractivity contribution in [1.82, 2.24) is 0 Å². The highest BCUT2D eigenvalue weighted by atomic mass is 16.5. The first kappa shape index (κ1) is 16.7. The third-order valence-electron chi connectivity index (χ3n) is 6.10. The zero-order valence-corrected chi connectivity index (χ0v) is 15.5. The molecule has 0 amide bonds. The maximum absolute atomic E-state index is 12.6. The number of nitrogens with zero attached hydrogens (tertiary/aromatic N) is 1. The van der Waals surface area contributed by atoms with Gasteiger partial charge in [0.1, 0.15) is 5.75 Å². The number of likely N-dealkylation sites (N-methyl/N-ethyl adjacent to an activating group) is 1. The predicted octanol–water partition coefficient (Wildman–Crippen LogP) is 3.88. The first-order chi connectivity index (χ1) is 12.5. The van der Waals surface area contributed by atoms with Crippen molar-refractivity contribution in [1.29, 1.82) is 0 Å². The molecule has 0 unspecified atom stereocenters. The van der Waals surface area contributed by atoms with Crippen molar-refractivity contribution in [3.8, 4) is 5.75 Å². The van der Waals surface area contributed by atoms with E-state index in [4.69, 9.17) is 9.47 Å². The van der Waals surface area contributed by atoms with Gasteiger partial charge in [0.2, 0.25) is 0 Å². The van der Waals surface area contributed by atoms with Gasteiger partial charge < -0.3 is 14.4 Å². The van der Waals surface area contributed by atoms with Crippen LogP contribution in [0, 0.1) is 0 Å². The molecule has 4 heteroatoms. The second-order valence-electron chi connectivity index (χ2n) is 7.14. The Morgan fingerprint density at radius 2 is 1.77 bits per heavy atom.